The van der Waals surface area contributed by atoms with E-state index >= 15 is 0 Å². The van der Waals surface area contributed by atoms with E-state index in [1.54, 1.807) is 25.2 Å². The molecule has 0 unspecified atom stereocenters. The molecule has 1 aromatic carbocycles. The maximum Gasteiger partial charge on any atom is 0.270 e. The van der Waals surface area contributed by atoms with Crippen molar-refractivity contribution >= 4 is 29.3 Å². The van der Waals surface area contributed by atoms with Crippen LogP contribution in [0.2, 0.25) is 0 Å². The number of carbonyl (C=O) groups excluding carboxylic acids is 4. The van der Waals surface area contributed by atoms with E-state index in [9.17, 15) is 24.4 Å². The molecular weight excluding hydrogens is 476 g/mol. The second-order valence-electron chi connectivity index (χ2n) is 10.9. The monoisotopic (exact) mass is 508 g/mol. The van der Waals surface area contributed by atoms with Crippen LogP contribution in [-0.4, -0.2) is 70.7 Å². The maximum absolute atomic E-state index is 14.0. The van der Waals surface area contributed by atoms with E-state index in [1.165, 1.54) is 9.80 Å². The van der Waals surface area contributed by atoms with Gasteiger partial charge in [-0.1, -0.05) is 31.7 Å². The Hall–Kier alpha value is -3.65. The van der Waals surface area contributed by atoms with E-state index < -0.39 is 41.4 Å². The third-order valence-electron chi connectivity index (χ3n) is 7.99. The normalized spacial score (nSPS) is 25.9. The number of likely N-dealkylation sites (tertiary alicyclic amines) is 1. The van der Waals surface area contributed by atoms with Crippen molar-refractivity contribution < 1.29 is 23.9 Å². The van der Waals surface area contributed by atoms with Crippen molar-refractivity contribution in [1.82, 2.24) is 9.80 Å². The lowest BCUT2D eigenvalue weighted by Gasteiger charge is -2.36. The minimum Gasteiger partial charge on any atom is -0.472 e. The summed E-state index contributed by atoms with van der Waals surface area (Å²) in [6.07, 6.45) is 4.91. The van der Waals surface area contributed by atoms with E-state index in [-0.39, 0.29) is 30.2 Å². The van der Waals surface area contributed by atoms with E-state index in [0.29, 0.717) is 30.4 Å². The summed E-state index contributed by atoms with van der Waals surface area (Å²) in [6.45, 7) is -0.234. The Bertz CT molecular complexity index is 1190. The molecule has 4 aliphatic rings. The zero-order chi connectivity index (χ0) is 26.5. The molecule has 4 atom stereocenters. The van der Waals surface area contributed by atoms with Crippen LogP contribution in [0.15, 0.2) is 18.2 Å². The molecule has 0 bridgehead atoms. The van der Waals surface area contributed by atoms with Crippen LogP contribution in [0, 0.1) is 23.2 Å². The molecule has 11 nitrogen and oxygen atoms in total. The Morgan fingerprint density at radius 3 is 2.54 bits per heavy atom. The first-order valence-electron chi connectivity index (χ1n) is 12.8. The smallest absolute Gasteiger partial charge is 0.270 e. The molecule has 2 heterocycles. The third kappa shape index (κ3) is 4.73. The van der Waals surface area contributed by atoms with Crippen molar-refractivity contribution in [1.29, 1.82) is 5.26 Å². The average Bonchev–Trinajstić information content (AvgIpc) is 3.81. The summed E-state index contributed by atoms with van der Waals surface area (Å²) in [5, 5.41) is 12.3. The van der Waals surface area contributed by atoms with Gasteiger partial charge >= 0.3 is 0 Å². The number of anilines is 1. The van der Waals surface area contributed by atoms with Crippen molar-refractivity contribution in [2.75, 3.05) is 18.9 Å². The molecule has 196 valence electrons. The molecule has 1 saturated heterocycles. The van der Waals surface area contributed by atoms with Gasteiger partial charge in [-0.2, -0.15) is 5.26 Å². The Balaban J connectivity index is 1.42. The summed E-state index contributed by atoms with van der Waals surface area (Å²) in [5.74, 6) is -1.13. The number of primary amides is 1. The van der Waals surface area contributed by atoms with Gasteiger partial charge in [0, 0.05) is 13.5 Å². The highest BCUT2D eigenvalue weighted by Crippen LogP contribution is 2.43. The predicted molar refractivity (Wildman–Crippen MR) is 132 cm³/mol. The molecule has 5 rings (SSSR count). The van der Waals surface area contributed by atoms with Crippen molar-refractivity contribution in [2.24, 2.45) is 23.3 Å². The first-order valence-corrected chi connectivity index (χ1v) is 12.8. The quantitative estimate of drug-likeness (QED) is 0.458. The molecule has 37 heavy (non-hydrogen) atoms. The largest absolute Gasteiger partial charge is 0.472 e. The van der Waals surface area contributed by atoms with Crippen LogP contribution in [0.1, 0.15) is 50.5 Å². The molecule has 2 aliphatic carbocycles. The van der Waals surface area contributed by atoms with E-state index in [0.717, 1.165) is 25.7 Å². The fourth-order valence-electron chi connectivity index (χ4n) is 5.42. The van der Waals surface area contributed by atoms with Crippen LogP contribution in [0.4, 0.5) is 5.69 Å². The summed E-state index contributed by atoms with van der Waals surface area (Å²) in [4.78, 5) is 55.5. The number of rotatable bonds is 8. The van der Waals surface area contributed by atoms with Crippen molar-refractivity contribution in [3.8, 4) is 11.8 Å². The molecule has 3 fully saturated rings. The van der Waals surface area contributed by atoms with Crippen LogP contribution >= 0.6 is 0 Å². The molecule has 1 spiro atoms. The van der Waals surface area contributed by atoms with Gasteiger partial charge in [0.25, 0.3) is 5.91 Å². The molecule has 2 aliphatic heterocycles. The zero-order valence-corrected chi connectivity index (χ0v) is 20.8. The van der Waals surface area contributed by atoms with E-state index in [4.69, 9.17) is 16.2 Å². The minimum absolute atomic E-state index is 0.159. The number of hydrogen-bond donors (Lipinski definition) is 3. The first-order chi connectivity index (χ1) is 17.6. The van der Waals surface area contributed by atoms with Gasteiger partial charge in [-0.15, -0.1) is 0 Å². The van der Waals surface area contributed by atoms with Gasteiger partial charge in [0.05, 0.1) is 23.8 Å². The maximum atomic E-state index is 14.0. The summed E-state index contributed by atoms with van der Waals surface area (Å²) in [7, 11) is 1.57. The second kappa shape index (κ2) is 9.34. The second-order valence-corrected chi connectivity index (χ2v) is 10.9. The lowest BCUT2D eigenvalue weighted by Crippen LogP contribution is -2.57. The van der Waals surface area contributed by atoms with Crippen LogP contribution in [0.5, 0.6) is 5.75 Å². The number of benzene rings is 1. The number of nitrogens with zero attached hydrogens (tertiary/aromatic N) is 3. The third-order valence-corrected chi connectivity index (χ3v) is 7.99. The van der Waals surface area contributed by atoms with Crippen molar-refractivity contribution in [3.05, 3.63) is 23.8 Å². The van der Waals surface area contributed by atoms with Gasteiger partial charge < -0.3 is 31.3 Å². The number of hydrogen-bond acceptors (Lipinski definition) is 7. The fraction of sp³-hybridized carbons (Fsp3) is 0.577. The Morgan fingerprint density at radius 2 is 1.92 bits per heavy atom. The summed E-state index contributed by atoms with van der Waals surface area (Å²) in [6, 6.07) is 4.19. The van der Waals surface area contributed by atoms with Gasteiger partial charge in [-0.05, 0) is 36.8 Å². The highest BCUT2D eigenvalue weighted by Gasteiger charge is 2.58. The summed E-state index contributed by atoms with van der Waals surface area (Å²) in [5.41, 5.74) is 10.9. The number of nitrogens with two attached hydrogens (primary N) is 2. The number of nitrogens with one attached hydrogen (secondary N) is 1. The lowest BCUT2D eigenvalue weighted by atomic mass is 9.96. The van der Waals surface area contributed by atoms with Crippen molar-refractivity contribution in [2.45, 2.75) is 68.7 Å². The van der Waals surface area contributed by atoms with Crippen LogP contribution in [0.25, 0.3) is 0 Å². The lowest BCUT2D eigenvalue weighted by molar-refractivity contribution is -0.148. The molecular formula is C26H32N6O5. The Labute approximate surface area is 215 Å². The highest BCUT2D eigenvalue weighted by molar-refractivity contribution is 6.04. The topological polar surface area (TPSA) is 172 Å². The minimum atomic E-state index is -1.59. The fourth-order valence-corrected chi connectivity index (χ4v) is 5.42. The van der Waals surface area contributed by atoms with Gasteiger partial charge in [-0.3, -0.25) is 19.2 Å². The molecule has 5 N–H and O–H groups in total. The summed E-state index contributed by atoms with van der Waals surface area (Å²) >= 11 is 0. The first kappa shape index (κ1) is 25.0. The Kier molecular flexibility index (Phi) is 6.31. The molecule has 11 heteroatoms. The number of nitriles is 1. The van der Waals surface area contributed by atoms with E-state index in [1.807, 2.05) is 6.07 Å². The molecule has 0 radical (unpaired) electrons. The van der Waals surface area contributed by atoms with Crippen LogP contribution in [-0.2, 0) is 19.2 Å². The number of carbonyl (C=O) groups is 4. The SMILES string of the molecule is CN(C(=O)[C@@H](N)CC1CC1)[C@@H](CC1CC1)C(=O)N1C[C@@]2(C[C@H]1C(N)=O)Oc1c(C#N)cccc1NC2=O. The van der Waals surface area contributed by atoms with Crippen LogP contribution < -0.4 is 21.5 Å². The average molecular weight is 509 g/mol. The van der Waals surface area contributed by atoms with Crippen molar-refractivity contribution in [3.63, 3.8) is 0 Å². The van der Waals surface area contributed by atoms with Gasteiger partial charge in [0.15, 0.2) is 5.75 Å². The van der Waals surface area contributed by atoms with Gasteiger partial charge in [0.1, 0.15) is 18.2 Å². The molecule has 0 aromatic heterocycles. The number of ether oxygens (including phenoxy) is 1. The standard InChI is InChI=1S/C26H32N6O5/c1-31(23(34)17(28)9-14-5-6-14)19(10-15-7-8-15)24(35)32-13-26(11-20(32)22(29)33)25(36)30-18-4-2-3-16(12-27)21(18)37-26/h2-4,14-15,17,19-20H,5-11,13,28H2,1H3,(H2,29,33)(H,30,36)/t17-,19-,20-,26+/m0/s1. The molecule has 2 saturated carbocycles. The van der Waals surface area contributed by atoms with Gasteiger partial charge in [-0.25, -0.2) is 0 Å². The zero-order valence-electron chi connectivity index (χ0n) is 20.8. The van der Waals surface area contributed by atoms with Crippen LogP contribution in [0.3, 0.4) is 0 Å². The van der Waals surface area contributed by atoms with Gasteiger partial charge in [0.2, 0.25) is 23.3 Å². The number of amides is 4. The number of fused-ring (bicyclic) bond motifs is 1. The van der Waals surface area contributed by atoms with E-state index in [2.05, 4.69) is 5.32 Å². The predicted octanol–water partition coefficient (Wildman–Crippen LogP) is 0.469. The number of para-hydroxylation sites is 1. The molecule has 4 amide bonds. The highest BCUT2D eigenvalue weighted by atomic mass is 16.5. The Morgan fingerprint density at radius 1 is 1.24 bits per heavy atom. The number of likely N-dealkylation sites (N-methyl/N-ethyl adjacent to an activating group) is 1. The summed E-state index contributed by atoms with van der Waals surface area (Å²) < 4.78 is 6.11. The molecule has 1 aromatic rings.